The maximum absolute atomic E-state index is 12.9. The highest BCUT2D eigenvalue weighted by Crippen LogP contribution is 2.37. The molecule has 1 saturated heterocycles. The van der Waals surface area contributed by atoms with Crippen molar-refractivity contribution in [3.8, 4) is 0 Å². The molecule has 168 valence electrons. The average molecular weight is 468 g/mol. The summed E-state index contributed by atoms with van der Waals surface area (Å²) in [5.41, 5.74) is -0.442. The van der Waals surface area contributed by atoms with Crippen molar-refractivity contribution in [3.05, 3.63) is 41.0 Å². The second-order valence-corrected chi connectivity index (χ2v) is 10.3. The highest BCUT2D eigenvalue weighted by atomic mass is 35.5. The van der Waals surface area contributed by atoms with Crippen molar-refractivity contribution in [2.75, 3.05) is 32.7 Å². The van der Waals surface area contributed by atoms with Crippen molar-refractivity contribution in [1.29, 1.82) is 0 Å². The minimum absolute atomic E-state index is 0.0683. The summed E-state index contributed by atoms with van der Waals surface area (Å²) in [4.78, 5) is 19.0. The van der Waals surface area contributed by atoms with Gasteiger partial charge in [0.25, 0.3) is 0 Å². The number of carbonyl (C=O) groups is 1. The van der Waals surface area contributed by atoms with Gasteiger partial charge in [-0.1, -0.05) is 41.7 Å². The summed E-state index contributed by atoms with van der Waals surface area (Å²) in [6.07, 6.45) is 3.77. The number of hydrogen-bond acceptors (Lipinski definition) is 7. The van der Waals surface area contributed by atoms with Gasteiger partial charge >= 0.3 is 0 Å². The van der Waals surface area contributed by atoms with Gasteiger partial charge in [0.2, 0.25) is 21.8 Å². The summed E-state index contributed by atoms with van der Waals surface area (Å²) in [6, 6.07) is 6.40. The van der Waals surface area contributed by atoms with Crippen LogP contribution in [-0.4, -0.2) is 66.4 Å². The van der Waals surface area contributed by atoms with Gasteiger partial charge in [0, 0.05) is 33.1 Å². The fourth-order valence-corrected chi connectivity index (χ4v) is 6.19. The molecule has 0 unspecified atom stereocenters. The fraction of sp³-hybridized carbons (Fsp3) is 0.550. The number of hydrogen-bond donors (Lipinski definition) is 1. The van der Waals surface area contributed by atoms with Gasteiger partial charge in [-0.25, -0.2) is 8.42 Å². The van der Waals surface area contributed by atoms with Gasteiger partial charge in [-0.15, -0.1) is 0 Å². The zero-order chi connectivity index (χ0) is 22.1. The minimum Gasteiger partial charge on any atom is -0.340 e. The number of rotatable bonds is 6. The molecule has 2 fully saturated rings. The largest absolute Gasteiger partial charge is 0.340 e. The summed E-state index contributed by atoms with van der Waals surface area (Å²) >= 11 is 6.08. The maximum atomic E-state index is 12.9. The number of carbonyl (C=O) groups excluding carboxylic acids is 1. The van der Waals surface area contributed by atoms with Crippen molar-refractivity contribution < 1.29 is 17.7 Å². The Hall–Kier alpha value is -2.01. The molecule has 2 heterocycles. The van der Waals surface area contributed by atoms with Crippen LogP contribution in [0, 0.1) is 6.92 Å². The number of benzene rings is 1. The van der Waals surface area contributed by atoms with E-state index in [1.807, 2.05) is 0 Å². The van der Waals surface area contributed by atoms with Gasteiger partial charge in [-0.2, -0.15) is 9.29 Å². The molecule has 0 radical (unpaired) electrons. The molecule has 1 N–H and O–H groups in total. The van der Waals surface area contributed by atoms with Crippen molar-refractivity contribution in [3.63, 3.8) is 0 Å². The third-order valence-corrected chi connectivity index (χ3v) is 8.43. The second kappa shape index (κ2) is 8.85. The standard InChI is InChI=1S/C20H26ClN5O4S/c1-15-23-19(24-30-15)20(8-4-5-9-20)22-14-18(27)25-10-12-26(13-11-25)31(28,29)17-7-3-2-6-16(17)21/h2-3,6-7,22H,4-5,8-14H2,1H3. The van der Waals surface area contributed by atoms with Gasteiger partial charge in [-0.3, -0.25) is 10.1 Å². The molecule has 11 heteroatoms. The SMILES string of the molecule is Cc1nc(C2(NCC(=O)N3CCN(S(=O)(=O)c4ccccc4Cl)CC3)CCCC2)no1. The second-order valence-electron chi connectivity index (χ2n) is 8.00. The monoisotopic (exact) mass is 467 g/mol. The van der Waals surface area contributed by atoms with Crippen LogP contribution in [0.5, 0.6) is 0 Å². The number of nitrogens with one attached hydrogen (secondary N) is 1. The van der Waals surface area contributed by atoms with E-state index in [2.05, 4.69) is 15.5 Å². The first-order chi connectivity index (χ1) is 14.8. The van der Waals surface area contributed by atoms with Gasteiger partial charge < -0.3 is 9.42 Å². The molecule has 0 spiro atoms. The molecule has 4 rings (SSSR count). The minimum atomic E-state index is -3.69. The lowest BCUT2D eigenvalue weighted by atomic mass is 9.96. The molecule has 1 saturated carbocycles. The van der Waals surface area contributed by atoms with Crippen molar-refractivity contribution in [2.24, 2.45) is 0 Å². The topological polar surface area (TPSA) is 109 Å². The number of halogens is 1. The first kappa shape index (κ1) is 22.2. The number of piperazine rings is 1. The molecule has 1 aromatic heterocycles. The number of amides is 1. The Morgan fingerprint density at radius 1 is 1.19 bits per heavy atom. The molecule has 1 aliphatic heterocycles. The van der Waals surface area contributed by atoms with Crippen LogP contribution in [0.15, 0.2) is 33.7 Å². The normalized spacial score (nSPS) is 19.6. The molecule has 1 aromatic carbocycles. The van der Waals surface area contributed by atoms with E-state index in [4.69, 9.17) is 16.1 Å². The Labute approximate surface area is 186 Å². The molecule has 0 atom stereocenters. The van der Waals surface area contributed by atoms with Gasteiger partial charge in [0.1, 0.15) is 4.90 Å². The van der Waals surface area contributed by atoms with Crippen molar-refractivity contribution >= 4 is 27.5 Å². The maximum Gasteiger partial charge on any atom is 0.244 e. The van der Waals surface area contributed by atoms with Crippen LogP contribution in [0.25, 0.3) is 0 Å². The van der Waals surface area contributed by atoms with Crippen LogP contribution >= 0.6 is 11.6 Å². The summed E-state index contributed by atoms with van der Waals surface area (Å²) in [5, 5.41) is 7.64. The van der Waals surface area contributed by atoms with Crippen molar-refractivity contribution in [2.45, 2.75) is 43.0 Å². The van der Waals surface area contributed by atoms with Crippen LogP contribution < -0.4 is 5.32 Å². The molecule has 0 bridgehead atoms. The van der Waals surface area contributed by atoms with Crippen LogP contribution in [-0.2, 0) is 20.4 Å². The quantitative estimate of drug-likeness (QED) is 0.691. The highest BCUT2D eigenvalue weighted by molar-refractivity contribution is 7.89. The molecular weight excluding hydrogens is 442 g/mol. The first-order valence-corrected chi connectivity index (χ1v) is 12.2. The molecule has 2 aromatic rings. The van der Waals surface area contributed by atoms with Gasteiger partial charge in [0.15, 0.2) is 5.82 Å². The van der Waals surface area contributed by atoms with Gasteiger partial charge in [-0.05, 0) is 25.0 Å². The predicted molar refractivity (Wildman–Crippen MR) is 114 cm³/mol. The fourth-order valence-electron chi connectivity index (χ4n) is 4.28. The van der Waals surface area contributed by atoms with Crippen LogP contribution in [0.1, 0.15) is 37.4 Å². The Bertz CT molecular complexity index is 1040. The lowest BCUT2D eigenvalue weighted by Gasteiger charge is -2.35. The number of aromatic nitrogens is 2. The Morgan fingerprint density at radius 2 is 1.87 bits per heavy atom. The van der Waals surface area contributed by atoms with E-state index in [0.717, 1.165) is 25.7 Å². The Kier molecular flexibility index (Phi) is 6.34. The summed E-state index contributed by atoms with van der Waals surface area (Å²) in [7, 11) is -3.69. The highest BCUT2D eigenvalue weighted by Gasteiger charge is 2.40. The number of sulfonamides is 1. The predicted octanol–water partition coefficient (Wildman–Crippen LogP) is 1.92. The smallest absolute Gasteiger partial charge is 0.244 e. The lowest BCUT2D eigenvalue weighted by molar-refractivity contribution is -0.131. The van der Waals surface area contributed by atoms with Crippen LogP contribution in [0.2, 0.25) is 5.02 Å². The zero-order valence-corrected chi connectivity index (χ0v) is 19.0. The number of nitrogens with zero attached hydrogens (tertiary/aromatic N) is 4. The Balaban J connectivity index is 1.36. The van der Waals surface area contributed by atoms with Gasteiger partial charge in [0.05, 0.1) is 17.1 Å². The summed E-state index contributed by atoms with van der Waals surface area (Å²) in [5.74, 6) is 1.04. The van der Waals surface area contributed by atoms with E-state index in [-0.39, 0.29) is 35.5 Å². The third-order valence-electron chi connectivity index (χ3n) is 6.04. The third kappa shape index (κ3) is 4.48. The zero-order valence-electron chi connectivity index (χ0n) is 17.4. The molecule has 1 amide bonds. The summed E-state index contributed by atoms with van der Waals surface area (Å²) < 4.78 is 32.3. The molecule has 31 heavy (non-hydrogen) atoms. The molecular formula is C20H26ClN5O4S. The molecule has 1 aliphatic carbocycles. The van der Waals surface area contributed by atoms with E-state index < -0.39 is 15.6 Å². The van der Waals surface area contributed by atoms with E-state index >= 15 is 0 Å². The number of aryl methyl sites for hydroxylation is 1. The molecule has 9 nitrogen and oxygen atoms in total. The lowest BCUT2D eigenvalue weighted by Crippen LogP contribution is -2.54. The van der Waals surface area contributed by atoms with E-state index in [0.29, 0.717) is 24.8 Å². The van der Waals surface area contributed by atoms with E-state index in [1.165, 1.54) is 10.4 Å². The average Bonchev–Trinajstić information content (AvgIpc) is 3.42. The van der Waals surface area contributed by atoms with E-state index in [1.54, 1.807) is 30.0 Å². The first-order valence-electron chi connectivity index (χ1n) is 10.4. The summed E-state index contributed by atoms with van der Waals surface area (Å²) in [6.45, 7) is 3.02. The molecule has 2 aliphatic rings. The van der Waals surface area contributed by atoms with E-state index in [9.17, 15) is 13.2 Å². The Morgan fingerprint density at radius 3 is 2.48 bits per heavy atom. The van der Waals surface area contributed by atoms with Crippen molar-refractivity contribution in [1.82, 2.24) is 24.7 Å². The van der Waals surface area contributed by atoms with Crippen LogP contribution in [0.3, 0.4) is 0 Å². The van der Waals surface area contributed by atoms with Crippen LogP contribution in [0.4, 0.5) is 0 Å².